The van der Waals surface area contributed by atoms with Crippen LogP contribution in [-0.4, -0.2) is 39.2 Å². The zero-order valence-corrected chi connectivity index (χ0v) is 12.0. The SMILES string of the molecule is CC(I)CC1(F)C(F)(F)C(F)(F)C(F)(F)C(F)(F)C1(F)F. The number of halogens is 12. The minimum absolute atomic E-state index is 0.789. The van der Waals surface area contributed by atoms with Gasteiger partial charge in [0.1, 0.15) is 0 Å². The molecular weight excluding hydrogens is 444 g/mol. The highest BCUT2D eigenvalue weighted by molar-refractivity contribution is 14.1. The van der Waals surface area contributed by atoms with Crippen molar-refractivity contribution < 1.29 is 48.3 Å². The van der Waals surface area contributed by atoms with Gasteiger partial charge in [0.05, 0.1) is 0 Å². The highest BCUT2D eigenvalue weighted by Gasteiger charge is 3.00. The topological polar surface area (TPSA) is 0 Å². The molecule has 1 atom stereocenters. The van der Waals surface area contributed by atoms with Gasteiger partial charge in [0, 0.05) is 10.3 Å². The standard InChI is InChI=1S/C9H6F11I/c1-3(21)2-4(10)5(11,12)7(15,16)9(19,20)8(17,18)6(4,13)14/h3H,2H2,1H3. The lowest BCUT2D eigenvalue weighted by molar-refractivity contribution is -0.485. The van der Waals surface area contributed by atoms with Gasteiger partial charge >= 0.3 is 29.6 Å². The van der Waals surface area contributed by atoms with Crippen LogP contribution in [0, 0.1) is 0 Å². The average molecular weight is 450 g/mol. The molecule has 0 aromatic rings. The van der Waals surface area contributed by atoms with E-state index in [2.05, 4.69) is 0 Å². The molecule has 0 N–H and O–H groups in total. The van der Waals surface area contributed by atoms with Crippen molar-refractivity contribution in [3.8, 4) is 0 Å². The van der Waals surface area contributed by atoms with E-state index in [0.29, 0.717) is 0 Å². The Morgan fingerprint density at radius 3 is 1.10 bits per heavy atom. The first-order valence-electron chi connectivity index (χ1n) is 5.14. The zero-order chi connectivity index (χ0) is 17.3. The van der Waals surface area contributed by atoms with Gasteiger partial charge in [-0.1, -0.05) is 29.5 Å². The molecule has 126 valence electrons. The Bertz CT molecular complexity index is 397. The van der Waals surface area contributed by atoms with Crippen LogP contribution in [0.15, 0.2) is 0 Å². The minimum atomic E-state index is -7.13. The molecule has 0 bridgehead atoms. The van der Waals surface area contributed by atoms with E-state index in [0.717, 1.165) is 29.5 Å². The second-order valence-corrected chi connectivity index (χ2v) is 6.78. The van der Waals surface area contributed by atoms with Crippen LogP contribution >= 0.6 is 22.6 Å². The van der Waals surface area contributed by atoms with Gasteiger partial charge in [0.2, 0.25) is 0 Å². The summed E-state index contributed by atoms with van der Waals surface area (Å²) < 4.78 is 143. The Labute approximate surface area is 124 Å². The fourth-order valence-corrected chi connectivity index (χ4v) is 2.54. The van der Waals surface area contributed by atoms with E-state index in [9.17, 15) is 48.3 Å². The predicted molar refractivity (Wildman–Crippen MR) is 56.7 cm³/mol. The summed E-state index contributed by atoms with van der Waals surface area (Å²) >= 11 is 1.04. The largest absolute Gasteiger partial charge is 0.384 e. The first-order chi connectivity index (χ1) is 8.92. The van der Waals surface area contributed by atoms with E-state index in [4.69, 9.17) is 0 Å². The van der Waals surface area contributed by atoms with Gasteiger partial charge in [-0.15, -0.1) is 0 Å². The summed E-state index contributed by atoms with van der Waals surface area (Å²) in [5, 5.41) is 0. The molecule has 0 aliphatic heterocycles. The summed E-state index contributed by atoms with van der Waals surface area (Å²) in [4.78, 5) is 0. The molecule has 0 saturated heterocycles. The molecule has 0 heterocycles. The second kappa shape index (κ2) is 4.49. The molecule has 21 heavy (non-hydrogen) atoms. The van der Waals surface area contributed by atoms with Crippen LogP contribution < -0.4 is 0 Å². The smallest absolute Gasteiger partial charge is 0.230 e. The molecule has 1 aliphatic carbocycles. The molecule has 0 nitrogen and oxygen atoms in total. The van der Waals surface area contributed by atoms with Crippen molar-refractivity contribution in [2.75, 3.05) is 0 Å². The lowest BCUT2D eigenvalue weighted by Crippen LogP contribution is -2.83. The maximum atomic E-state index is 13.9. The van der Waals surface area contributed by atoms with Crippen LogP contribution in [0.3, 0.4) is 0 Å². The third-order valence-electron chi connectivity index (χ3n) is 3.14. The molecule has 0 amide bonds. The van der Waals surface area contributed by atoms with Crippen LogP contribution in [0.2, 0.25) is 0 Å². The van der Waals surface area contributed by atoms with Crippen molar-refractivity contribution in [1.29, 1.82) is 0 Å². The van der Waals surface area contributed by atoms with Crippen LogP contribution in [0.4, 0.5) is 48.3 Å². The van der Waals surface area contributed by atoms with Crippen LogP contribution in [-0.2, 0) is 0 Å². The Morgan fingerprint density at radius 1 is 0.619 bits per heavy atom. The molecule has 0 aromatic heterocycles. The highest BCUT2D eigenvalue weighted by Crippen LogP contribution is 2.70. The van der Waals surface area contributed by atoms with Gasteiger partial charge in [-0.05, 0) is 0 Å². The summed E-state index contributed by atoms with van der Waals surface area (Å²) in [5.74, 6) is -34.5. The molecular formula is C9H6F11I. The normalized spacial score (nSPS) is 32.4. The van der Waals surface area contributed by atoms with Crippen LogP contribution in [0.1, 0.15) is 13.3 Å². The molecule has 1 saturated carbocycles. The average Bonchev–Trinajstić information content (AvgIpc) is 2.25. The highest BCUT2D eigenvalue weighted by atomic mass is 127. The molecule has 1 aliphatic rings. The Kier molecular flexibility index (Phi) is 4.07. The summed E-state index contributed by atoms with van der Waals surface area (Å²) in [7, 11) is 0. The zero-order valence-electron chi connectivity index (χ0n) is 9.82. The fourth-order valence-electron chi connectivity index (χ4n) is 1.93. The third-order valence-corrected chi connectivity index (χ3v) is 3.58. The molecule has 12 heteroatoms. The molecule has 0 aromatic carbocycles. The first-order valence-corrected chi connectivity index (χ1v) is 6.38. The molecule has 0 radical (unpaired) electrons. The van der Waals surface area contributed by atoms with Crippen molar-refractivity contribution in [3.05, 3.63) is 0 Å². The minimum Gasteiger partial charge on any atom is -0.230 e. The molecule has 1 unspecified atom stereocenters. The maximum Gasteiger partial charge on any atom is 0.384 e. The number of alkyl halides is 12. The lowest BCUT2D eigenvalue weighted by atomic mass is 9.70. The maximum absolute atomic E-state index is 13.9. The summed E-state index contributed by atoms with van der Waals surface area (Å²) in [6.07, 6.45) is -2.17. The van der Waals surface area contributed by atoms with E-state index in [1.807, 2.05) is 0 Å². The van der Waals surface area contributed by atoms with Gasteiger partial charge in [0.25, 0.3) is 5.67 Å². The number of rotatable bonds is 2. The van der Waals surface area contributed by atoms with Crippen molar-refractivity contribution in [2.24, 2.45) is 0 Å². The number of hydrogen-bond donors (Lipinski definition) is 0. The molecule has 1 fully saturated rings. The van der Waals surface area contributed by atoms with E-state index < -0.39 is 45.6 Å². The monoisotopic (exact) mass is 450 g/mol. The van der Waals surface area contributed by atoms with E-state index in [-0.39, 0.29) is 0 Å². The third kappa shape index (κ3) is 1.85. The van der Waals surface area contributed by atoms with Crippen molar-refractivity contribution in [3.63, 3.8) is 0 Å². The Morgan fingerprint density at radius 2 is 0.857 bits per heavy atom. The van der Waals surface area contributed by atoms with Gasteiger partial charge in [-0.3, -0.25) is 0 Å². The van der Waals surface area contributed by atoms with E-state index >= 15 is 0 Å². The van der Waals surface area contributed by atoms with Crippen molar-refractivity contribution in [2.45, 2.75) is 52.6 Å². The van der Waals surface area contributed by atoms with Crippen molar-refractivity contribution in [1.82, 2.24) is 0 Å². The first kappa shape index (κ1) is 19.0. The molecule has 1 rings (SSSR count). The fraction of sp³-hybridized carbons (Fsp3) is 1.00. The van der Waals surface area contributed by atoms with E-state index in [1.165, 1.54) is 0 Å². The van der Waals surface area contributed by atoms with Gasteiger partial charge in [-0.25, -0.2) is 4.39 Å². The second-order valence-electron chi connectivity index (χ2n) is 4.66. The quantitative estimate of drug-likeness (QED) is 0.312. The van der Waals surface area contributed by atoms with Crippen LogP contribution in [0.5, 0.6) is 0 Å². The van der Waals surface area contributed by atoms with Crippen molar-refractivity contribution >= 4 is 22.6 Å². The summed E-state index contributed by atoms with van der Waals surface area (Å²) in [5.41, 5.74) is -5.84. The molecule has 0 spiro atoms. The Balaban J connectivity index is 3.74. The lowest BCUT2D eigenvalue weighted by Gasteiger charge is -2.52. The summed E-state index contributed by atoms with van der Waals surface area (Å²) in [6, 6.07) is 0. The van der Waals surface area contributed by atoms with Crippen LogP contribution in [0.25, 0.3) is 0 Å². The van der Waals surface area contributed by atoms with Gasteiger partial charge in [0.15, 0.2) is 0 Å². The Hall–Kier alpha value is -0.0400. The summed E-state index contributed by atoms with van der Waals surface area (Å²) in [6.45, 7) is 0.789. The van der Waals surface area contributed by atoms with Gasteiger partial charge in [-0.2, -0.15) is 43.9 Å². The van der Waals surface area contributed by atoms with Gasteiger partial charge < -0.3 is 0 Å². The predicted octanol–water partition coefficient (Wildman–Crippen LogP) is 5.10. The van der Waals surface area contributed by atoms with E-state index in [1.54, 1.807) is 0 Å². The number of hydrogen-bond acceptors (Lipinski definition) is 0.